The van der Waals surface area contributed by atoms with Gasteiger partial charge in [0.25, 0.3) is 5.56 Å². The van der Waals surface area contributed by atoms with Crippen molar-refractivity contribution in [3.8, 4) is 12.3 Å². The Balaban J connectivity index is 1.78. The number of piperidine rings is 1. The summed E-state index contributed by atoms with van der Waals surface area (Å²) >= 11 is 0. The van der Waals surface area contributed by atoms with Gasteiger partial charge >= 0.3 is 5.97 Å². The van der Waals surface area contributed by atoms with Crippen LogP contribution in [-0.2, 0) is 0 Å². The number of carboxylic acid groups (broad SMARTS) is 1. The lowest BCUT2D eigenvalue weighted by atomic mass is 10.0. The summed E-state index contributed by atoms with van der Waals surface area (Å²) < 4.78 is 1.57. The molecule has 0 amide bonds. The van der Waals surface area contributed by atoms with Crippen molar-refractivity contribution in [3.63, 3.8) is 0 Å². The van der Waals surface area contributed by atoms with Crippen LogP contribution >= 0.6 is 0 Å². The maximum Gasteiger partial charge on any atom is 0.337 e. The molecule has 3 heterocycles. The van der Waals surface area contributed by atoms with Crippen molar-refractivity contribution in [2.24, 2.45) is 0 Å². The molecule has 7 nitrogen and oxygen atoms in total. The number of nitrogens with zero attached hydrogens (tertiary/aromatic N) is 3. The molecule has 0 spiro atoms. The number of carboxylic acids is 1. The van der Waals surface area contributed by atoms with Crippen LogP contribution in [0.15, 0.2) is 41.3 Å². The number of carbonyl (C=O) groups is 1. The molecule has 0 bridgehead atoms. The number of nitrogens with one attached hydrogen (secondary N) is 1. The van der Waals surface area contributed by atoms with Gasteiger partial charge in [-0.15, -0.1) is 6.42 Å². The molecule has 7 heteroatoms. The minimum absolute atomic E-state index is 0.100. The summed E-state index contributed by atoms with van der Waals surface area (Å²) in [6.45, 7) is 5.63. The molecule has 1 aliphatic heterocycles. The molecule has 0 aliphatic carbocycles. The molecule has 1 aromatic carbocycles. The minimum atomic E-state index is -1.06. The summed E-state index contributed by atoms with van der Waals surface area (Å²) in [7, 11) is 0. The van der Waals surface area contributed by atoms with Crippen molar-refractivity contribution in [1.82, 2.24) is 9.38 Å². The molecular formula is C25H26N4O3. The van der Waals surface area contributed by atoms with E-state index >= 15 is 0 Å². The van der Waals surface area contributed by atoms with Gasteiger partial charge in [0.15, 0.2) is 0 Å². The zero-order valence-corrected chi connectivity index (χ0v) is 18.3. The zero-order chi connectivity index (χ0) is 22.8. The standard InChI is InChI=1S/C25H26N4O3/c1-4-18-8-9-21(20(13-18)25(31)32)26-17(3)19-12-16(2)15-29-23(30)14-22(27-24(19)29)28-10-6-5-7-11-28/h1,8-9,12-15,17,26H,5-7,10-11H2,2-3H3,(H,31,32)/t17-/m1/s1. The summed E-state index contributed by atoms with van der Waals surface area (Å²) in [4.78, 5) is 31.7. The van der Waals surface area contributed by atoms with Gasteiger partial charge in [0.1, 0.15) is 11.5 Å². The van der Waals surface area contributed by atoms with Crippen molar-refractivity contribution in [2.75, 3.05) is 23.3 Å². The number of hydrogen-bond donors (Lipinski definition) is 2. The Morgan fingerprint density at radius 2 is 1.97 bits per heavy atom. The van der Waals surface area contributed by atoms with Gasteiger partial charge in [0, 0.05) is 42.2 Å². The lowest BCUT2D eigenvalue weighted by molar-refractivity contribution is 0.0698. The minimum Gasteiger partial charge on any atom is -0.478 e. The molecule has 2 N–H and O–H groups in total. The summed E-state index contributed by atoms with van der Waals surface area (Å²) in [5.74, 6) is 2.09. The van der Waals surface area contributed by atoms with Gasteiger partial charge in [-0.25, -0.2) is 9.78 Å². The number of rotatable bonds is 5. The van der Waals surface area contributed by atoms with E-state index < -0.39 is 5.97 Å². The lowest BCUT2D eigenvalue weighted by Crippen LogP contribution is -2.32. The van der Waals surface area contributed by atoms with Crippen LogP contribution in [0.3, 0.4) is 0 Å². The number of anilines is 2. The van der Waals surface area contributed by atoms with Gasteiger partial charge in [-0.3, -0.25) is 9.20 Å². The quantitative estimate of drug-likeness (QED) is 0.598. The molecule has 1 fully saturated rings. The van der Waals surface area contributed by atoms with E-state index in [9.17, 15) is 14.7 Å². The van der Waals surface area contributed by atoms with E-state index in [2.05, 4.69) is 16.1 Å². The van der Waals surface area contributed by atoms with Gasteiger partial charge in [0.2, 0.25) is 0 Å². The number of benzene rings is 1. The smallest absolute Gasteiger partial charge is 0.337 e. The second-order valence-electron chi connectivity index (χ2n) is 8.24. The van der Waals surface area contributed by atoms with E-state index in [1.165, 1.54) is 12.5 Å². The number of aryl methyl sites for hydroxylation is 1. The Morgan fingerprint density at radius 3 is 2.66 bits per heavy atom. The number of pyridine rings is 1. The van der Waals surface area contributed by atoms with Crippen LogP contribution in [0, 0.1) is 19.3 Å². The number of terminal acetylenes is 1. The predicted octanol–water partition coefficient (Wildman–Crippen LogP) is 3.85. The van der Waals surface area contributed by atoms with Crippen molar-refractivity contribution < 1.29 is 9.90 Å². The average molecular weight is 431 g/mol. The van der Waals surface area contributed by atoms with Gasteiger partial charge in [0.05, 0.1) is 11.6 Å². The maximum atomic E-state index is 12.9. The second-order valence-corrected chi connectivity index (χ2v) is 8.24. The van der Waals surface area contributed by atoms with Gasteiger partial charge in [-0.2, -0.15) is 0 Å². The van der Waals surface area contributed by atoms with Crippen LogP contribution in [0.5, 0.6) is 0 Å². The largest absolute Gasteiger partial charge is 0.478 e. The second kappa shape index (κ2) is 8.75. The molecular weight excluding hydrogens is 404 g/mol. The first-order valence-corrected chi connectivity index (χ1v) is 10.8. The molecule has 1 atom stereocenters. The third kappa shape index (κ3) is 4.17. The molecule has 32 heavy (non-hydrogen) atoms. The van der Waals surface area contributed by atoms with E-state index in [1.807, 2.05) is 19.9 Å². The van der Waals surface area contributed by atoms with Gasteiger partial charge < -0.3 is 15.3 Å². The first kappa shape index (κ1) is 21.4. The fraction of sp³-hybridized carbons (Fsp3) is 0.320. The van der Waals surface area contributed by atoms with Crippen molar-refractivity contribution in [1.29, 1.82) is 0 Å². The van der Waals surface area contributed by atoms with E-state index in [-0.39, 0.29) is 17.2 Å². The molecule has 0 unspecified atom stereocenters. The summed E-state index contributed by atoms with van der Waals surface area (Å²) in [6, 6.07) is 8.13. The summed E-state index contributed by atoms with van der Waals surface area (Å²) in [6.07, 6.45) is 10.6. The monoisotopic (exact) mass is 430 g/mol. The Kier molecular flexibility index (Phi) is 5.87. The highest BCUT2D eigenvalue weighted by Crippen LogP contribution is 2.27. The van der Waals surface area contributed by atoms with Crippen molar-refractivity contribution in [2.45, 2.75) is 39.2 Å². The average Bonchev–Trinajstić information content (AvgIpc) is 2.79. The van der Waals surface area contributed by atoms with Gasteiger partial charge in [-0.05, 0) is 62.9 Å². The van der Waals surface area contributed by atoms with Crippen LogP contribution in [0.4, 0.5) is 11.5 Å². The third-order valence-corrected chi connectivity index (χ3v) is 5.85. The number of aromatic carboxylic acids is 1. The fourth-order valence-electron chi connectivity index (χ4n) is 4.21. The van der Waals surface area contributed by atoms with Crippen molar-refractivity contribution >= 4 is 23.1 Å². The first-order chi connectivity index (χ1) is 15.4. The maximum absolute atomic E-state index is 12.9. The van der Waals surface area contributed by atoms with E-state index in [0.717, 1.165) is 37.1 Å². The van der Waals surface area contributed by atoms with Gasteiger partial charge in [-0.1, -0.05) is 5.92 Å². The third-order valence-electron chi connectivity index (χ3n) is 5.85. The SMILES string of the molecule is C#Cc1ccc(N[C@H](C)c2cc(C)cn3c(=O)cc(N4CCCCC4)nc23)c(C(=O)O)c1. The topological polar surface area (TPSA) is 86.9 Å². The number of fused-ring (bicyclic) bond motifs is 1. The Morgan fingerprint density at radius 1 is 1.22 bits per heavy atom. The first-order valence-electron chi connectivity index (χ1n) is 10.8. The van der Waals surface area contributed by atoms with Crippen LogP contribution in [0.2, 0.25) is 0 Å². The molecule has 164 valence electrons. The molecule has 1 aliphatic rings. The van der Waals surface area contributed by atoms with E-state index in [1.54, 1.807) is 28.8 Å². The van der Waals surface area contributed by atoms with Crippen LogP contribution in [0.25, 0.3) is 5.65 Å². The van der Waals surface area contributed by atoms with Crippen LogP contribution in [-0.4, -0.2) is 33.6 Å². The molecule has 0 radical (unpaired) electrons. The number of aromatic nitrogens is 2. The van der Waals surface area contributed by atoms with Crippen molar-refractivity contribution in [3.05, 3.63) is 69.1 Å². The molecule has 0 saturated carbocycles. The Labute approximate surface area is 186 Å². The van der Waals surface area contributed by atoms with Crippen LogP contribution < -0.4 is 15.8 Å². The zero-order valence-electron chi connectivity index (χ0n) is 18.3. The Bertz CT molecular complexity index is 1280. The van der Waals surface area contributed by atoms with E-state index in [0.29, 0.717) is 22.7 Å². The molecule has 2 aromatic heterocycles. The highest BCUT2D eigenvalue weighted by molar-refractivity contribution is 5.94. The summed E-state index contributed by atoms with van der Waals surface area (Å²) in [5, 5.41) is 12.9. The van der Waals surface area contributed by atoms with E-state index in [4.69, 9.17) is 11.4 Å². The summed E-state index contributed by atoms with van der Waals surface area (Å²) in [5.41, 5.74) is 3.23. The Hall–Kier alpha value is -3.79. The van der Waals surface area contributed by atoms with Crippen LogP contribution in [0.1, 0.15) is 59.3 Å². The molecule has 3 aromatic rings. The highest BCUT2D eigenvalue weighted by atomic mass is 16.4. The predicted molar refractivity (Wildman–Crippen MR) is 126 cm³/mol. The number of hydrogen-bond acceptors (Lipinski definition) is 5. The highest BCUT2D eigenvalue weighted by Gasteiger charge is 2.19. The lowest BCUT2D eigenvalue weighted by Gasteiger charge is -2.28. The fourth-order valence-corrected chi connectivity index (χ4v) is 4.21. The molecule has 1 saturated heterocycles. The normalized spacial score (nSPS) is 14.7. The molecule has 4 rings (SSSR count).